The summed E-state index contributed by atoms with van der Waals surface area (Å²) in [6.45, 7) is -0.134. The fraction of sp³-hybridized carbons (Fsp3) is 0. The Balaban J connectivity index is 1.38. The van der Waals surface area contributed by atoms with E-state index in [-0.39, 0.29) is 12.5 Å². The molecule has 0 saturated carbocycles. The van der Waals surface area contributed by atoms with Crippen molar-refractivity contribution in [1.82, 2.24) is 19.1 Å². The number of hydrogen-bond acceptors (Lipinski definition) is 2. The van der Waals surface area contributed by atoms with Gasteiger partial charge in [-0.3, -0.25) is 9.13 Å². The largest absolute Gasteiger partial charge is 0.293 e. The Morgan fingerprint density at radius 3 is 1.41 bits per heavy atom. The standard InChI is InChI=1S/C40H22BFN4/c42-27-21-32-34-33(22-27)46-38-31(20-26-16-8-10-18-29(26)36(38)44-40(46)24-13-5-2-6-14-24)41(34)30-19-25-15-7-9-17-28(25)35-37(30)45(32)39(43-35)23-11-3-1-4-12-23/h1-22H. The van der Waals surface area contributed by atoms with Gasteiger partial charge >= 0.3 is 0 Å². The number of hydrogen-bond donors (Lipinski definition) is 0. The third-order valence-corrected chi connectivity index (χ3v) is 9.91. The van der Waals surface area contributed by atoms with Crippen molar-refractivity contribution in [3.8, 4) is 34.2 Å². The lowest BCUT2D eigenvalue weighted by molar-refractivity contribution is 0.626. The highest BCUT2D eigenvalue weighted by Gasteiger charge is 2.42. The van der Waals surface area contributed by atoms with Gasteiger partial charge in [0.1, 0.15) is 17.5 Å². The van der Waals surface area contributed by atoms with Crippen LogP contribution in [0.3, 0.4) is 0 Å². The third kappa shape index (κ3) is 2.98. The molecule has 0 saturated heterocycles. The fourth-order valence-electron chi connectivity index (χ4n) is 8.10. The number of halogens is 1. The van der Waals surface area contributed by atoms with Gasteiger partial charge in [-0.2, -0.15) is 0 Å². The summed E-state index contributed by atoms with van der Waals surface area (Å²) in [6.07, 6.45) is 0. The third-order valence-electron chi connectivity index (χ3n) is 9.91. The molecule has 11 rings (SSSR count). The van der Waals surface area contributed by atoms with E-state index in [9.17, 15) is 0 Å². The quantitative estimate of drug-likeness (QED) is 0.199. The summed E-state index contributed by atoms with van der Waals surface area (Å²) in [4.78, 5) is 10.7. The molecule has 0 radical (unpaired) electrons. The van der Waals surface area contributed by atoms with E-state index in [4.69, 9.17) is 9.97 Å². The number of nitrogens with zero attached hydrogens (tertiary/aromatic N) is 4. The van der Waals surface area contributed by atoms with E-state index in [1.807, 2.05) is 36.4 Å². The number of aromatic nitrogens is 4. The van der Waals surface area contributed by atoms with Gasteiger partial charge in [-0.25, -0.2) is 14.4 Å². The number of rotatable bonds is 2. The van der Waals surface area contributed by atoms with E-state index in [0.29, 0.717) is 0 Å². The second-order valence-corrected chi connectivity index (χ2v) is 12.3. The van der Waals surface area contributed by atoms with Crippen LogP contribution in [0.5, 0.6) is 0 Å². The first-order chi connectivity index (χ1) is 22.7. The summed E-state index contributed by atoms with van der Waals surface area (Å²) in [5.41, 5.74) is 11.0. The van der Waals surface area contributed by atoms with Gasteiger partial charge in [0, 0.05) is 33.3 Å². The molecular formula is C40H22BFN4. The van der Waals surface area contributed by atoms with Crippen LogP contribution in [0.1, 0.15) is 0 Å². The van der Waals surface area contributed by atoms with Gasteiger partial charge in [-0.15, -0.1) is 0 Å². The number of imidazole rings is 2. The Bertz CT molecular complexity index is 2580. The predicted molar refractivity (Wildman–Crippen MR) is 186 cm³/mol. The maximum atomic E-state index is 16.1. The highest BCUT2D eigenvalue weighted by Crippen LogP contribution is 2.39. The minimum atomic E-state index is -0.289. The lowest BCUT2D eigenvalue weighted by Gasteiger charge is -2.34. The molecule has 212 valence electrons. The van der Waals surface area contributed by atoms with Crippen LogP contribution in [0.4, 0.5) is 4.39 Å². The first-order valence-corrected chi connectivity index (χ1v) is 15.6. The van der Waals surface area contributed by atoms with Gasteiger partial charge in [0.05, 0.1) is 22.1 Å². The molecule has 0 amide bonds. The molecule has 46 heavy (non-hydrogen) atoms. The van der Waals surface area contributed by atoms with Gasteiger partial charge in [0.15, 0.2) is 0 Å². The van der Waals surface area contributed by atoms with Crippen molar-refractivity contribution in [3.63, 3.8) is 0 Å². The van der Waals surface area contributed by atoms with Crippen LogP contribution in [-0.4, -0.2) is 25.8 Å². The van der Waals surface area contributed by atoms with Crippen LogP contribution in [0, 0.1) is 5.82 Å². The Kier molecular flexibility index (Phi) is 4.54. The van der Waals surface area contributed by atoms with Crippen molar-refractivity contribution in [3.05, 3.63) is 139 Å². The molecule has 7 aromatic carbocycles. The summed E-state index contributed by atoms with van der Waals surface area (Å²) in [6, 6.07) is 45.5. The molecule has 0 unspecified atom stereocenters. The SMILES string of the molecule is Fc1cc2c3c(c1)-n1c(-c4ccccc4)nc4c5ccccc5cc(c41)B3c1cc3ccccc3c3nc(-c4ccccc4)n-2c13. The second kappa shape index (κ2) is 8.58. The zero-order chi connectivity index (χ0) is 30.1. The first kappa shape index (κ1) is 24.3. The van der Waals surface area contributed by atoms with E-state index in [2.05, 4.69) is 94.1 Å². The monoisotopic (exact) mass is 588 g/mol. The first-order valence-electron chi connectivity index (χ1n) is 15.6. The van der Waals surface area contributed by atoms with Crippen molar-refractivity contribution in [2.75, 3.05) is 0 Å². The molecule has 2 aliphatic heterocycles. The molecule has 0 spiro atoms. The van der Waals surface area contributed by atoms with E-state index in [0.717, 1.165) is 83.2 Å². The molecule has 2 aliphatic rings. The number of fused-ring (bicyclic) bond motifs is 8. The lowest BCUT2D eigenvalue weighted by Crippen LogP contribution is -2.59. The Morgan fingerprint density at radius 1 is 0.500 bits per heavy atom. The van der Waals surface area contributed by atoms with Crippen molar-refractivity contribution in [2.45, 2.75) is 0 Å². The van der Waals surface area contributed by atoms with Gasteiger partial charge < -0.3 is 0 Å². The molecular weight excluding hydrogens is 566 g/mol. The fourth-order valence-corrected chi connectivity index (χ4v) is 8.10. The van der Waals surface area contributed by atoms with Gasteiger partial charge in [-0.1, -0.05) is 121 Å². The van der Waals surface area contributed by atoms with Gasteiger partial charge in [0.25, 0.3) is 6.71 Å². The van der Waals surface area contributed by atoms with E-state index in [1.165, 1.54) is 10.9 Å². The highest BCUT2D eigenvalue weighted by atomic mass is 19.1. The topological polar surface area (TPSA) is 35.6 Å². The van der Waals surface area contributed by atoms with Crippen LogP contribution < -0.4 is 16.4 Å². The zero-order valence-corrected chi connectivity index (χ0v) is 24.4. The molecule has 6 heteroatoms. The average molecular weight is 588 g/mol. The minimum absolute atomic E-state index is 0.134. The summed E-state index contributed by atoms with van der Waals surface area (Å²) in [5, 5.41) is 4.46. The van der Waals surface area contributed by atoms with Gasteiger partial charge in [0.2, 0.25) is 0 Å². The summed E-state index contributed by atoms with van der Waals surface area (Å²) >= 11 is 0. The summed E-state index contributed by atoms with van der Waals surface area (Å²) in [7, 11) is 0. The Hall–Kier alpha value is -6.01. The van der Waals surface area contributed by atoms with Crippen molar-refractivity contribution < 1.29 is 4.39 Å². The van der Waals surface area contributed by atoms with Crippen molar-refractivity contribution in [2.24, 2.45) is 0 Å². The molecule has 0 aliphatic carbocycles. The van der Waals surface area contributed by atoms with E-state index < -0.39 is 0 Å². The smallest absolute Gasteiger partial charge is 0.252 e. The highest BCUT2D eigenvalue weighted by molar-refractivity contribution is 7.00. The van der Waals surface area contributed by atoms with Crippen LogP contribution in [0.15, 0.2) is 133 Å². The second-order valence-electron chi connectivity index (χ2n) is 12.3. The van der Waals surface area contributed by atoms with Gasteiger partial charge in [-0.05, 0) is 39.3 Å². The molecule has 0 fully saturated rings. The molecule has 4 heterocycles. The van der Waals surface area contributed by atoms with Crippen LogP contribution in [0.25, 0.3) is 77.8 Å². The summed E-state index contributed by atoms with van der Waals surface area (Å²) in [5.74, 6) is 1.33. The predicted octanol–water partition coefficient (Wildman–Crippen LogP) is 7.29. The van der Waals surface area contributed by atoms with Crippen LogP contribution >= 0.6 is 0 Å². The molecule has 4 nitrogen and oxygen atoms in total. The molecule has 0 N–H and O–H groups in total. The minimum Gasteiger partial charge on any atom is -0.293 e. The molecule has 9 aromatic rings. The van der Waals surface area contributed by atoms with E-state index in [1.54, 1.807) is 12.1 Å². The molecule has 0 atom stereocenters. The number of benzene rings is 7. The maximum Gasteiger partial charge on any atom is 0.252 e. The lowest BCUT2D eigenvalue weighted by atomic mass is 9.34. The van der Waals surface area contributed by atoms with Crippen molar-refractivity contribution >= 4 is 66.7 Å². The van der Waals surface area contributed by atoms with Crippen molar-refractivity contribution in [1.29, 1.82) is 0 Å². The molecule has 0 bridgehead atoms. The Morgan fingerprint density at radius 2 is 0.935 bits per heavy atom. The van der Waals surface area contributed by atoms with Crippen LogP contribution in [0.2, 0.25) is 0 Å². The summed E-state index contributed by atoms with van der Waals surface area (Å²) < 4.78 is 20.5. The van der Waals surface area contributed by atoms with Crippen LogP contribution in [-0.2, 0) is 0 Å². The molecule has 2 aromatic heterocycles. The maximum absolute atomic E-state index is 16.1. The Labute approximate surface area is 263 Å². The average Bonchev–Trinajstić information content (AvgIpc) is 3.71. The zero-order valence-electron chi connectivity index (χ0n) is 24.4. The normalized spacial score (nSPS) is 12.8. The van der Waals surface area contributed by atoms with E-state index >= 15 is 4.39 Å².